The summed E-state index contributed by atoms with van der Waals surface area (Å²) in [6, 6.07) is 0. The van der Waals surface area contributed by atoms with E-state index in [9.17, 15) is 4.79 Å². The number of Topliss-reactive ketones (excluding diaryl/α,β-unsaturated/α-hetero) is 1. The molecule has 0 radical (unpaired) electrons. The molecule has 17 heavy (non-hydrogen) atoms. The normalized spacial score (nSPS) is 48.6. The zero-order chi connectivity index (χ0) is 12.3. The van der Waals surface area contributed by atoms with Gasteiger partial charge in [0.1, 0.15) is 5.78 Å². The first-order valence-corrected chi connectivity index (χ1v) is 6.82. The second kappa shape index (κ2) is 3.55. The van der Waals surface area contributed by atoms with Crippen LogP contribution in [0, 0.1) is 23.2 Å². The molecule has 3 fully saturated rings. The first-order chi connectivity index (χ1) is 8.00. The summed E-state index contributed by atoms with van der Waals surface area (Å²) < 4.78 is 11.9. The molecular formula is C14H22O3. The van der Waals surface area contributed by atoms with Gasteiger partial charge < -0.3 is 9.47 Å². The van der Waals surface area contributed by atoms with Crippen LogP contribution in [0.2, 0.25) is 0 Å². The van der Waals surface area contributed by atoms with Crippen molar-refractivity contribution in [3.05, 3.63) is 0 Å². The van der Waals surface area contributed by atoms with Gasteiger partial charge in [0.25, 0.3) is 0 Å². The van der Waals surface area contributed by atoms with Crippen molar-refractivity contribution >= 4 is 5.78 Å². The number of rotatable bonds is 0. The molecule has 2 saturated carbocycles. The van der Waals surface area contributed by atoms with E-state index >= 15 is 0 Å². The fourth-order valence-corrected chi connectivity index (χ4v) is 4.65. The van der Waals surface area contributed by atoms with E-state index in [1.54, 1.807) is 0 Å². The SMILES string of the molecule is CC1C[C@]2(C)[C@@H](CCC23OCCO3)[C@@H](C)C1=O. The minimum Gasteiger partial charge on any atom is -0.347 e. The maximum absolute atomic E-state index is 12.1. The summed E-state index contributed by atoms with van der Waals surface area (Å²) in [5.41, 5.74) is 0.0241. The minimum atomic E-state index is -0.388. The monoisotopic (exact) mass is 238 g/mol. The van der Waals surface area contributed by atoms with Crippen LogP contribution in [-0.2, 0) is 14.3 Å². The van der Waals surface area contributed by atoms with Crippen LogP contribution in [0.3, 0.4) is 0 Å². The highest BCUT2D eigenvalue weighted by Gasteiger charge is 2.65. The quantitative estimate of drug-likeness (QED) is 0.650. The molecule has 3 aliphatic rings. The molecule has 0 bridgehead atoms. The van der Waals surface area contributed by atoms with E-state index in [2.05, 4.69) is 20.8 Å². The first-order valence-electron chi connectivity index (χ1n) is 6.82. The molecule has 3 heteroatoms. The Morgan fingerprint density at radius 1 is 1.24 bits per heavy atom. The smallest absolute Gasteiger partial charge is 0.174 e. The maximum atomic E-state index is 12.1. The molecular weight excluding hydrogens is 216 g/mol. The van der Waals surface area contributed by atoms with Gasteiger partial charge in [-0.25, -0.2) is 0 Å². The maximum Gasteiger partial charge on any atom is 0.174 e. The number of ketones is 1. The second-order valence-corrected chi connectivity index (χ2v) is 6.31. The van der Waals surface area contributed by atoms with Crippen molar-refractivity contribution < 1.29 is 14.3 Å². The van der Waals surface area contributed by atoms with E-state index in [1.807, 2.05) is 0 Å². The molecule has 2 aliphatic carbocycles. The van der Waals surface area contributed by atoms with E-state index in [-0.39, 0.29) is 23.0 Å². The fraction of sp³-hybridized carbons (Fsp3) is 0.929. The molecule has 1 aliphatic heterocycles. The van der Waals surface area contributed by atoms with Crippen LogP contribution in [0.1, 0.15) is 40.0 Å². The summed E-state index contributed by atoms with van der Waals surface area (Å²) in [6.45, 7) is 7.84. The van der Waals surface area contributed by atoms with Gasteiger partial charge in [0.15, 0.2) is 5.79 Å². The number of hydrogen-bond acceptors (Lipinski definition) is 3. The van der Waals surface area contributed by atoms with Gasteiger partial charge in [-0.05, 0) is 18.8 Å². The van der Waals surface area contributed by atoms with Crippen molar-refractivity contribution in [2.24, 2.45) is 23.2 Å². The molecule has 96 valence electrons. The minimum absolute atomic E-state index is 0.0241. The van der Waals surface area contributed by atoms with E-state index in [0.29, 0.717) is 24.9 Å². The van der Waals surface area contributed by atoms with Crippen molar-refractivity contribution in [2.75, 3.05) is 13.2 Å². The number of ether oxygens (including phenoxy) is 2. The third-order valence-corrected chi connectivity index (χ3v) is 5.50. The lowest BCUT2D eigenvalue weighted by Gasteiger charge is -2.48. The first kappa shape index (κ1) is 11.7. The number of fused-ring (bicyclic) bond motifs is 2. The average Bonchev–Trinajstić information content (AvgIpc) is 2.85. The zero-order valence-electron chi connectivity index (χ0n) is 11.0. The Labute approximate surface area is 103 Å². The molecule has 1 unspecified atom stereocenters. The summed E-state index contributed by atoms with van der Waals surface area (Å²) in [6.07, 6.45) is 2.94. The largest absolute Gasteiger partial charge is 0.347 e. The average molecular weight is 238 g/mol. The van der Waals surface area contributed by atoms with Crippen molar-refractivity contribution in [2.45, 2.75) is 45.8 Å². The van der Waals surface area contributed by atoms with Gasteiger partial charge in [0, 0.05) is 23.7 Å². The molecule has 0 aromatic carbocycles. The van der Waals surface area contributed by atoms with Crippen LogP contribution >= 0.6 is 0 Å². The Balaban J connectivity index is 1.98. The second-order valence-electron chi connectivity index (χ2n) is 6.31. The van der Waals surface area contributed by atoms with Gasteiger partial charge in [0.05, 0.1) is 13.2 Å². The van der Waals surface area contributed by atoms with Crippen LogP contribution < -0.4 is 0 Å². The molecule has 1 spiro atoms. The van der Waals surface area contributed by atoms with Gasteiger partial charge in [-0.2, -0.15) is 0 Å². The molecule has 3 nitrogen and oxygen atoms in total. The molecule has 0 aromatic heterocycles. The third kappa shape index (κ3) is 1.33. The summed E-state index contributed by atoms with van der Waals surface area (Å²) in [7, 11) is 0. The van der Waals surface area contributed by atoms with Crippen LogP contribution in [0.4, 0.5) is 0 Å². The van der Waals surface area contributed by atoms with Crippen LogP contribution in [0.25, 0.3) is 0 Å². The lowest BCUT2D eigenvalue weighted by Crippen LogP contribution is -2.53. The Hall–Kier alpha value is -0.410. The summed E-state index contributed by atoms with van der Waals surface area (Å²) >= 11 is 0. The zero-order valence-corrected chi connectivity index (χ0v) is 11.0. The highest BCUT2D eigenvalue weighted by atomic mass is 16.7. The third-order valence-electron chi connectivity index (χ3n) is 5.50. The summed E-state index contributed by atoms with van der Waals surface area (Å²) in [5.74, 6) is 0.790. The highest BCUT2D eigenvalue weighted by Crippen LogP contribution is 2.62. The van der Waals surface area contributed by atoms with Gasteiger partial charge in [0.2, 0.25) is 0 Å². The lowest BCUT2D eigenvalue weighted by molar-refractivity contribution is -0.236. The summed E-state index contributed by atoms with van der Waals surface area (Å²) in [4.78, 5) is 12.1. The summed E-state index contributed by atoms with van der Waals surface area (Å²) in [5, 5.41) is 0. The van der Waals surface area contributed by atoms with Crippen LogP contribution in [-0.4, -0.2) is 24.8 Å². The van der Waals surface area contributed by atoms with Crippen molar-refractivity contribution in [1.82, 2.24) is 0 Å². The van der Waals surface area contributed by atoms with Crippen molar-refractivity contribution in [1.29, 1.82) is 0 Å². The van der Waals surface area contributed by atoms with Crippen molar-refractivity contribution in [3.8, 4) is 0 Å². The van der Waals surface area contributed by atoms with Gasteiger partial charge >= 0.3 is 0 Å². The predicted octanol–water partition coefficient (Wildman–Crippen LogP) is 2.39. The molecule has 1 saturated heterocycles. The topological polar surface area (TPSA) is 35.5 Å². The van der Waals surface area contributed by atoms with E-state index in [1.165, 1.54) is 0 Å². The predicted molar refractivity (Wildman–Crippen MR) is 63.4 cm³/mol. The lowest BCUT2D eigenvalue weighted by atomic mass is 9.59. The Kier molecular flexibility index (Phi) is 2.43. The Morgan fingerprint density at radius 3 is 2.53 bits per heavy atom. The van der Waals surface area contributed by atoms with E-state index in [0.717, 1.165) is 19.3 Å². The highest BCUT2D eigenvalue weighted by molar-refractivity contribution is 5.84. The molecule has 3 rings (SSSR count). The van der Waals surface area contributed by atoms with Gasteiger partial charge in [-0.3, -0.25) is 4.79 Å². The van der Waals surface area contributed by atoms with Gasteiger partial charge in [-0.15, -0.1) is 0 Å². The van der Waals surface area contributed by atoms with Gasteiger partial charge in [-0.1, -0.05) is 20.8 Å². The van der Waals surface area contributed by atoms with Crippen LogP contribution in [0.5, 0.6) is 0 Å². The molecule has 0 aromatic rings. The Morgan fingerprint density at radius 2 is 1.88 bits per heavy atom. The fourth-order valence-electron chi connectivity index (χ4n) is 4.65. The molecule has 4 atom stereocenters. The molecule has 1 heterocycles. The molecule has 0 amide bonds. The standard InChI is InChI=1S/C14H22O3/c1-9-8-13(3)11(10(2)12(9)15)4-5-14(13)16-6-7-17-14/h9-11H,4-8H2,1-3H3/t9?,10-,11+,13-/m1/s1. The number of carbonyl (C=O) groups excluding carboxylic acids is 1. The van der Waals surface area contributed by atoms with E-state index in [4.69, 9.17) is 9.47 Å². The molecule has 0 N–H and O–H groups in total. The van der Waals surface area contributed by atoms with Crippen molar-refractivity contribution in [3.63, 3.8) is 0 Å². The number of carbonyl (C=O) groups is 1. The Bertz CT molecular complexity index is 345. The van der Waals surface area contributed by atoms with E-state index < -0.39 is 0 Å². The number of hydrogen-bond donors (Lipinski definition) is 0. The van der Waals surface area contributed by atoms with Crippen LogP contribution in [0.15, 0.2) is 0 Å².